The van der Waals surface area contributed by atoms with E-state index in [4.69, 9.17) is 31.5 Å². The second-order valence-corrected chi connectivity index (χ2v) is 18.2. The molecular weight excluding hydrogens is 816 g/mol. The maximum Gasteiger partial charge on any atom is 0.347 e. The third kappa shape index (κ3) is 15.2. The van der Waals surface area contributed by atoms with Gasteiger partial charge in [0.05, 0.1) is 35.7 Å². The van der Waals surface area contributed by atoms with Crippen LogP contribution in [0.5, 0.6) is 5.75 Å². The summed E-state index contributed by atoms with van der Waals surface area (Å²) in [5.41, 5.74) is 6.99. The highest BCUT2D eigenvalue weighted by Crippen LogP contribution is 2.30. The quantitative estimate of drug-likeness (QED) is 0.139. The van der Waals surface area contributed by atoms with Crippen LogP contribution in [0.15, 0.2) is 54.6 Å². The Kier molecular flexibility index (Phi) is 19.6. The minimum Gasteiger partial charge on any atom is -0.495 e. The number of carbonyl (C=O) groups excluding carboxylic acids is 6. The van der Waals surface area contributed by atoms with Crippen molar-refractivity contribution in [2.24, 2.45) is 28.9 Å². The van der Waals surface area contributed by atoms with Gasteiger partial charge in [-0.15, -0.1) is 0 Å². The van der Waals surface area contributed by atoms with Crippen molar-refractivity contribution < 1.29 is 48.1 Å². The van der Waals surface area contributed by atoms with Crippen LogP contribution < -0.4 is 26.4 Å². The molecule has 342 valence electrons. The number of methoxy groups -OCH3 is 1. The van der Waals surface area contributed by atoms with Gasteiger partial charge in [-0.1, -0.05) is 89.6 Å². The number of benzene rings is 2. The molecule has 1 aliphatic heterocycles. The zero-order valence-corrected chi connectivity index (χ0v) is 38.5. The molecule has 8 atom stereocenters. The van der Waals surface area contributed by atoms with Gasteiger partial charge in [-0.25, -0.2) is 4.79 Å². The number of esters is 2. The molecule has 2 aromatic carbocycles. The van der Waals surface area contributed by atoms with E-state index in [0.29, 0.717) is 22.8 Å². The Morgan fingerprint density at radius 3 is 2.23 bits per heavy atom. The van der Waals surface area contributed by atoms with Gasteiger partial charge < -0.3 is 41.0 Å². The fraction of sp³-hybridized carbons (Fsp3) is 0.574. The summed E-state index contributed by atoms with van der Waals surface area (Å²) in [7, 11) is 1.49. The number of carbonyl (C=O) groups is 6. The van der Waals surface area contributed by atoms with Crippen LogP contribution in [0.2, 0.25) is 5.02 Å². The van der Waals surface area contributed by atoms with Crippen LogP contribution in [-0.4, -0.2) is 90.6 Å². The van der Waals surface area contributed by atoms with Crippen molar-refractivity contribution in [2.75, 3.05) is 13.7 Å². The molecule has 3 rings (SSSR count). The van der Waals surface area contributed by atoms with Gasteiger partial charge in [0.2, 0.25) is 17.7 Å². The minimum absolute atomic E-state index is 0.0120. The van der Waals surface area contributed by atoms with E-state index in [0.717, 1.165) is 11.1 Å². The van der Waals surface area contributed by atoms with Gasteiger partial charge >= 0.3 is 11.9 Å². The van der Waals surface area contributed by atoms with E-state index < -0.39 is 77.4 Å². The fourth-order valence-corrected chi connectivity index (χ4v) is 7.14. The number of cyclic esters (lactones) is 2. The Morgan fingerprint density at radius 2 is 1.63 bits per heavy atom. The van der Waals surface area contributed by atoms with Crippen LogP contribution in [0.4, 0.5) is 0 Å². The third-order valence-corrected chi connectivity index (χ3v) is 11.6. The Hall–Kier alpha value is -4.79. The first kappa shape index (κ1) is 51.6. The second kappa shape index (κ2) is 23.6. The Bertz CT molecular complexity index is 1900. The van der Waals surface area contributed by atoms with Crippen molar-refractivity contribution in [3.05, 3.63) is 76.3 Å². The van der Waals surface area contributed by atoms with Crippen molar-refractivity contribution in [3.63, 3.8) is 0 Å². The average molecular weight is 884 g/mol. The number of rotatable bonds is 16. The lowest BCUT2D eigenvalue weighted by Crippen LogP contribution is -2.51. The van der Waals surface area contributed by atoms with Crippen LogP contribution in [0.3, 0.4) is 0 Å². The molecule has 0 spiro atoms. The smallest absolute Gasteiger partial charge is 0.347 e. The zero-order chi connectivity index (χ0) is 46.5. The lowest BCUT2D eigenvalue weighted by molar-refractivity contribution is -0.180. The number of Topliss-reactive ketones (excluding diaryl/α,β-unsaturated/α-hetero) is 1. The highest BCUT2D eigenvalue weighted by Gasteiger charge is 2.38. The first-order valence-corrected chi connectivity index (χ1v) is 21.8. The molecule has 0 unspecified atom stereocenters. The molecule has 1 aliphatic rings. The topological polar surface area (TPSA) is 212 Å². The van der Waals surface area contributed by atoms with Crippen LogP contribution in [0.25, 0.3) is 0 Å². The number of ether oxygens (including phenoxy) is 3. The lowest BCUT2D eigenvalue weighted by atomic mass is 9.84. The molecule has 0 aromatic heterocycles. The highest BCUT2D eigenvalue weighted by atomic mass is 35.5. The summed E-state index contributed by atoms with van der Waals surface area (Å²) in [6.45, 7) is 15.7. The number of ketones is 1. The third-order valence-electron chi connectivity index (χ3n) is 11.3. The molecule has 0 radical (unpaired) electrons. The molecule has 3 amide bonds. The van der Waals surface area contributed by atoms with E-state index >= 15 is 0 Å². The van der Waals surface area contributed by atoms with E-state index in [1.54, 1.807) is 45.9 Å². The number of halogens is 1. The molecule has 62 heavy (non-hydrogen) atoms. The van der Waals surface area contributed by atoms with Gasteiger partial charge in [-0.05, 0) is 80.3 Å². The Labute approximate surface area is 371 Å². The van der Waals surface area contributed by atoms with Crippen LogP contribution in [-0.2, 0) is 51.1 Å². The first-order valence-electron chi connectivity index (χ1n) is 21.4. The maximum atomic E-state index is 13.9. The number of aliphatic hydroxyl groups excluding tert-OH is 1. The normalized spacial score (nSPS) is 22.0. The monoisotopic (exact) mass is 882 g/mol. The van der Waals surface area contributed by atoms with Gasteiger partial charge in [-0.3, -0.25) is 24.0 Å². The van der Waals surface area contributed by atoms with Crippen molar-refractivity contribution in [2.45, 2.75) is 137 Å². The zero-order valence-electron chi connectivity index (χ0n) is 37.8. The summed E-state index contributed by atoms with van der Waals surface area (Å²) < 4.78 is 17.1. The van der Waals surface area contributed by atoms with Crippen LogP contribution in [0, 0.1) is 23.2 Å². The van der Waals surface area contributed by atoms with Crippen LogP contribution in [0.1, 0.15) is 104 Å². The van der Waals surface area contributed by atoms with E-state index in [2.05, 4.69) is 16.0 Å². The summed E-state index contributed by atoms with van der Waals surface area (Å²) in [6.07, 6.45) is 0.405. The number of aryl methyl sites for hydroxylation is 1. The molecule has 0 bridgehead atoms. The van der Waals surface area contributed by atoms with Crippen molar-refractivity contribution in [3.8, 4) is 5.75 Å². The van der Waals surface area contributed by atoms with E-state index in [9.17, 15) is 33.9 Å². The fourth-order valence-electron chi connectivity index (χ4n) is 6.86. The molecule has 0 saturated heterocycles. The van der Waals surface area contributed by atoms with E-state index in [-0.39, 0.29) is 55.8 Å². The summed E-state index contributed by atoms with van der Waals surface area (Å²) in [6, 6.07) is 10.1. The van der Waals surface area contributed by atoms with Crippen molar-refractivity contribution in [1.82, 2.24) is 16.0 Å². The summed E-state index contributed by atoms with van der Waals surface area (Å²) >= 11 is 6.35. The highest BCUT2D eigenvalue weighted by molar-refractivity contribution is 6.32. The van der Waals surface area contributed by atoms with Crippen molar-refractivity contribution >= 4 is 47.0 Å². The first-order chi connectivity index (χ1) is 29.0. The van der Waals surface area contributed by atoms with E-state index in [1.165, 1.54) is 19.3 Å². The number of amides is 3. The molecule has 0 saturated carbocycles. The average Bonchev–Trinajstić information content (AvgIpc) is 3.22. The molecule has 2 aromatic rings. The van der Waals surface area contributed by atoms with Gasteiger partial charge in [0.1, 0.15) is 17.9 Å². The summed E-state index contributed by atoms with van der Waals surface area (Å²) in [5, 5.41) is 20.3. The molecule has 0 aliphatic carbocycles. The van der Waals surface area contributed by atoms with Gasteiger partial charge in [0, 0.05) is 37.6 Å². The number of hydrogen-bond acceptors (Lipinski definition) is 11. The SMILES string of the molecule is COc1ccc(C[C@@H]2NC(=O)/C=C/C[C@@H]([C@H](C)[C@@H](O)[C@H](C)c3ccc(CCC(=O)[C@H](C)NC(=O)[C@@H](N)C(C)C)cc3)OC(=O)[C@H](CC(C)C)OC(=O)C(C)(C)CNC2=O)cc1Cl. The maximum absolute atomic E-state index is 13.9. The standard InChI is InChI=1S/C47H67ClN4O10/c1-26(2)22-39-45(58)61-37(29(6)42(55)28(5)33-18-14-31(15-19-33)16-20-36(53)30(7)51-44(57)41(49)27(3)4)12-11-13-40(54)52-35(24-32-17-21-38(60-10)34(48)23-32)43(56)50-25-47(8,9)46(59)62-39/h11,13-15,17-19,21,23,26-30,35,37,39,41-42,55H,12,16,20,22,24-25,49H2,1-10H3,(H,50,56)(H,51,57)(H,52,54)/b13-11+/t28-,29+,30+,35+,37+,39+,41+,42+/m1/s1. The molecule has 15 heteroatoms. The largest absolute Gasteiger partial charge is 0.495 e. The molecule has 0 fully saturated rings. The lowest BCUT2D eigenvalue weighted by Gasteiger charge is -2.33. The number of hydrogen-bond donors (Lipinski definition) is 5. The summed E-state index contributed by atoms with van der Waals surface area (Å²) in [5.74, 6) is -3.93. The predicted octanol–water partition coefficient (Wildman–Crippen LogP) is 5.14. The van der Waals surface area contributed by atoms with Gasteiger partial charge in [-0.2, -0.15) is 0 Å². The Morgan fingerprint density at radius 1 is 0.984 bits per heavy atom. The van der Waals surface area contributed by atoms with E-state index in [1.807, 2.05) is 58.9 Å². The molecular formula is C47H67ClN4O10. The minimum atomic E-state index is -1.28. The van der Waals surface area contributed by atoms with Crippen molar-refractivity contribution in [1.29, 1.82) is 0 Å². The predicted molar refractivity (Wildman–Crippen MR) is 237 cm³/mol. The number of nitrogens with one attached hydrogen (secondary N) is 3. The Balaban J connectivity index is 1.84. The second-order valence-electron chi connectivity index (χ2n) is 17.8. The summed E-state index contributed by atoms with van der Waals surface area (Å²) in [4.78, 5) is 79.5. The molecule has 14 nitrogen and oxygen atoms in total. The number of aliphatic hydroxyl groups is 1. The van der Waals surface area contributed by atoms with Gasteiger partial charge in [0.15, 0.2) is 11.9 Å². The molecule has 6 N–H and O–H groups in total. The van der Waals surface area contributed by atoms with Gasteiger partial charge in [0.25, 0.3) is 0 Å². The molecule has 1 heterocycles. The number of nitrogens with two attached hydrogens (primary N) is 1. The van der Waals surface area contributed by atoms with Crippen LogP contribution >= 0.6 is 11.6 Å².